The topological polar surface area (TPSA) is 52.7 Å². The highest BCUT2D eigenvalue weighted by atomic mass is 35.5. The number of amides is 2. The van der Waals surface area contributed by atoms with Gasteiger partial charge in [-0.3, -0.25) is 9.59 Å². The van der Waals surface area contributed by atoms with Gasteiger partial charge in [-0.2, -0.15) is 0 Å². The largest absolute Gasteiger partial charge is 0.352 e. The second kappa shape index (κ2) is 9.82. The lowest BCUT2D eigenvalue weighted by atomic mass is 10.0. The van der Waals surface area contributed by atoms with E-state index in [1.165, 1.54) is 5.56 Å². The summed E-state index contributed by atoms with van der Waals surface area (Å²) in [7, 11) is 3.98. The number of nitrogens with zero attached hydrogens (tertiary/aromatic N) is 2. The number of carbonyl (C=O) groups excluding carboxylic acids is 2. The highest BCUT2D eigenvalue weighted by Gasteiger charge is 2.35. The maximum Gasteiger partial charge on any atom is 0.256 e. The van der Waals surface area contributed by atoms with Crippen molar-refractivity contribution in [3.63, 3.8) is 0 Å². The van der Waals surface area contributed by atoms with Gasteiger partial charge in [0.2, 0.25) is 5.91 Å². The van der Waals surface area contributed by atoms with Crippen LogP contribution >= 0.6 is 23.2 Å². The Labute approximate surface area is 187 Å². The van der Waals surface area contributed by atoms with E-state index in [1.54, 1.807) is 23.1 Å². The van der Waals surface area contributed by atoms with E-state index in [-0.39, 0.29) is 17.9 Å². The van der Waals surface area contributed by atoms with E-state index in [2.05, 4.69) is 34.5 Å². The number of benzene rings is 2. The Bertz CT molecular complexity index is 915. The third-order valence-corrected chi connectivity index (χ3v) is 6.09. The van der Waals surface area contributed by atoms with Crippen LogP contribution in [0.1, 0.15) is 40.4 Å². The SMILES string of the molecule is Cc1ccc([C@@H](CNC(=O)[C@H]2CCCN2C(=O)c2cc(Cl)ccc2Cl)N(C)C)cc1. The van der Waals surface area contributed by atoms with Crippen LogP contribution in [0.4, 0.5) is 0 Å². The number of hydrogen-bond acceptors (Lipinski definition) is 3. The molecule has 1 heterocycles. The van der Waals surface area contributed by atoms with Gasteiger partial charge in [-0.15, -0.1) is 0 Å². The van der Waals surface area contributed by atoms with Gasteiger partial charge in [-0.05, 0) is 57.6 Å². The van der Waals surface area contributed by atoms with Crippen LogP contribution in [-0.2, 0) is 4.79 Å². The van der Waals surface area contributed by atoms with E-state index in [1.807, 2.05) is 21.0 Å². The molecule has 30 heavy (non-hydrogen) atoms. The van der Waals surface area contributed by atoms with Crippen molar-refractivity contribution in [2.24, 2.45) is 0 Å². The van der Waals surface area contributed by atoms with E-state index in [0.717, 1.165) is 12.0 Å². The molecule has 2 aromatic carbocycles. The van der Waals surface area contributed by atoms with Gasteiger partial charge in [0.1, 0.15) is 6.04 Å². The minimum Gasteiger partial charge on any atom is -0.352 e. The molecule has 2 amide bonds. The van der Waals surface area contributed by atoms with Crippen molar-refractivity contribution in [2.75, 3.05) is 27.2 Å². The molecule has 0 aliphatic carbocycles. The van der Waals surface area contributed by atoms with Crippen LogP contribution in [0, 0.1) is 6.92 Å². The maximum atomic E-state index is 13.0. The van der Waals surface area contributed by atoms with Gasteiger partial charge in [0.15, 0.2) is 0 Å². The normalized spacial score (nSPS) is 17.3. The Kier molecular flexibility index (Phi) is 7.40. The van der Waals surface area contributed by atoms with Crippen molar-refractivity contribution in [2.45, 2.75) is 31.8 Å². The summed E-state index contributed by atoms with van der Waals surface area (Å²) in [6, 6.07) is 12.6. The molecule has 2 aromatic rings. The van der Waals surface area contributed by atoms with E-state index >= 15 is 0 Å². The summed E-state index contributed by atoms with van der Waals surface area (Å²) in [6.07, 6.45) is 1.41. The van der Waals surface area contributed by atoms with E-state index < -0.39 is 6.04 Å². The molecule has 160 valence electrons. The van der Waals surface area contributed by atoms with Crippen molar-refractivity contribution < 1.29 is 9.59 Å². The minimum atomic E-state index is -0.506. The molecule has 1 fully saturated rings. The molecule has 0 unspecified atom stereocenters. The summed E-state index contributed by atoms with van der Waals surface area (Å²) in [5, 5.41) is 3.82. The average molecular weight is 448 g/mol. The molecular weight excluding hydrogens is 421 g/mol. The number of rotatable bonds is 6. The first-order chi connectivity index (χ1) is 14.3. The molecule has 0 aromatic heterocycles. The summed E-state index contributed by atoms with van der Waals surface area (Å²) < 4.78 is 0. The number of likely N-dealkylation sites (N-methyl/N-ethyl adjacent to an activating group) is 1. The molecule has 5 nitrogen and oxygen atoms in total. The molecule has 1 N–H and O–H groups in total. The lowest BCUT2D eigenvalue weighted by Crippen LogP contribution is -2.47. The van der Waals surface area contributed by atoms with Crippen LogP contribution in [-0.4, -0.2) is 54.8 Å². The van der Waals surface area contributed by atoms with Gasteiger partial charge in [0.25, 0.3) is 5.91 Å². The third kappa shape index (κ3) is 5.15. The molecule has 0 spiro atoms. The fraction of sp³-hybridized carbons (Fsp3) is 0.391. The van der Waals surface area contributed by atoms with Crippen molar-refractivity contribution in [1.82, 2.24) is 15.1 Å². The number of hydrogen-bond donors (Lipinski definition) is 1. The first kappa shape index (κ1) is 22.6. The summed E-state index contributed by atoms with van der Waals surface area (Å²) in [5.74, 6) is -0.402. The van der Waals surface area contributed by atoms with Crippen molar-refractivity contribution >= 4 is 35.0 Å². The first-order valence-electron chi connectivity index (χ1n) is 10.0. The van der Waals surface area contributed by atoms with Gasteiger partial charge in [-0.1, -0.05) is 53.0 Å². The standard InChI is InChI=1S/C23H27Cl2N3O2/c1-15-6-8-16(9-7-15)21(27(2)3)14-26-22(29)20-5-4-12-28(20)23(30)18-13-17(24)10-11-19(18)25/h6-11,13,20-21H,4-5,12,14H2,1-3H3,(H,26,29)/t20-,21-/m1/s1. The van der Waals surface area contributed by atoms with Crippen LogP contribution in [0.5, 0.6) is 0 Å². The van der Waals surface area contributed by atoms with Crippen LogP contribution in [0.2, 0.25) is 10.0 Å². The summed E-state index contributed by atoms with van der Waals surface area (Å²) >= 11 is 12.2. The Balaban J connectivity index is 1.70. The van der Waals surface area contributed by atoms with Crippen LogP contribution in [0.15, 0.2) is 42.5 Å². The fourth-order valence-electron chi connectivity index (χ4n) is 3.80. The summed E-state index contributed by atoms with van der Waals surface area (Å²) in [5.41, 5.74) is 2.66. The molecule has 1 saturated heterocycles. The van der Waals surface area contributed by atoms with Gasteiger partial charge in [-0.25, -0.2) is 0 Å². The molecule has 1 aliphatic rings. The number of aryl methyl sites for hydroxylation is 1. The summed E-state index contributed by atoms with van der Waals surface area (Å²) in [4.78, 5) is 29.7. The van der Waals surface area contributed by atoms with Crippen molar-refractivity contribution in [1.29, 1.82) is 0 Å². The van der Waals surface area contributed by atoms with E-state index in [0.29, 0.717) is 35.1 Å². The number of nitrogens with one attached hydrogen (secondary N) is 1. The summed E-state index contributed by atoms with van der Waals surface area (Å²) in [6.45, 7) is 3.04. The molecule has 3 rings (SSSR count). The van der Waals surface area contributed by atoms with E-state index in [4.69, 9.17) is 23.2 Å². The lowest BCUT2D eigenvalue weighted by molar-refractivity contribution is -0.125. The highest BCUT2D eigenvalue weighted by molar-refractivity contribution is 6.35. The zero-order chi connectivity index (χ0) is 21.8. The van der Waals surface area contributed by atoms with Crippen molar-refractivity contribution in [3.05, 3.63) is 69.2 Å². The Hall–Kier alpha value is -2.08. The van der Waals surface area contributed by atoms with Gasteiger partial charge >= 0.3 is 0 Å². The third-order valence-electron chi connectivity index (χ3n) is 5.53. The molecule has 0 saturated carbocycles. The predicted molar refractivity (Wildman–Crippen MR) is 121 cm³/mol. The second-order valence-electron chi connectivity index (χ2n) is 7.92. The molecule has 2 atom stereocenters. The van der Waals surface area contributed by atoms with Gasteiger partial charge in [0, 0.05) is 18.1 Å². The maximum absolute atomic E-state index is 13.0. The number of carbonyl (C=O) groups is 2. The molecule has 0 bridgehead atoms. The van der Waals surface area contributed by atoms with Crippen molar-refractivity contribution in [3.8, 4) is 0 Å². The number of halogens is 2. The predicted octanol–water partition coefficient (Wildman–Crippen LogP) is 4.33. The Morgan fingerprint density at radius 3 is 2.53 bits per heavy atom. The Morgan fingerprint density at radius 2 is 1.87 bits per heavy atom. The zero-order valence-electron chi connectivity index (χ0n) is 17.5. The smallest absolute Gasteiger partial charge is 0.256 e. The molecule has 7 heteroatoms. The zero-order valence-corrected chi connectivity index (χ0v) is 19.0. The minimum absolute atomic E-state index is 0.0440. The molecule has 1 aliphatic heterocycles. The molecular formula is C23H27Cl2N3O2. The fourth-order valence-corrected chi connectivity index (χ4v) is 4.17. The second-order valence-corrected chi connectivity index (χ2v) is 8.76. The van der Waals surface area contributed by atoms with Gasteiger partial charge < -0.3 is 15.1 Å². The average Bonchev–Trinajstić information content (AvgIpc) is 3.20. The highest BCUT2D eigenvalue weighted by Crippen LogP contribution is 2.26. The molecule has 0 radical (unpaired) electrons. The Morgan fingerprint density at radius 1 is 1.17 bits per heavy atom. The monoisotopic (exact) mass is 447 g/mol. The van der Waals surface area contributed by atoms with Gasteiger partial charge in [0.05, 0.1) is 16.6 Å². The number of likely N-dealkylation sites (tertiary alicyclic amines) is 1. The van der Waals surface area contributed by atoms with Crippen LogP contribution in [0.3, 0.4) is 0 Å². The van der Waals surface area contributed by atoms with E-state index in [9.17, 15) is 9.59 Å². The first-order valence-corrected chi connectivity index (χ1v) is 10.8. The lowest BCUT2D eigenvalue weighted by Gasteiger charge is -2.28. The van der Waals surface area contributed by atoms with Crippen LogP contribution in [0.25, 0.3) is 0 Å². The quantitative estimate of drug-likeness (QED) is 0.716. The van der Waals surface area contributed by atoms with Crippen LogP contribution < -0.4 is 5.32 Å².